The Labute approximate surface area is 158 Å². The van der Waals surface area contributed by atoms with Crippen molar-refractivity contribution in [1.29, 1.82) is 0 Å². The maximum Gasteiger partial charge on any atom is 0.338 e. The summed E-state index contributed by atoms with van der Waals surface area (Å²) in [6.45, 7) is 6.16. The van der Waals surface area contributed by atoms with Crippen LogP contribution in [-0.4, -0.2) is 18.5 Å². The number of nitrogens with one attached hydrogen (secondary N) is 1. The molecule has 5 nitrogen and oxygen atoms in total. The van der Waals surface area contributed by atoms with Crippen LogP contribution in [0.1, 0.15) is 39.0 Å². The van der Waals surface area contributed by atoms with E-state index in [9.17, 15) is 9.59 Å². The molecule has 0 radical (unpaired) electrons. The molecule has 3 rings (SSSR count). The number of furan rings is 1. The van der Waals surface area contributed by atoms with E-state index >= 15 is 0 Å². The molecule has 5 heteroatoms. The summed E-state index contributed by atoms with van der Waals surface area (Å²) < 4.78 is 10.6. The smallest absolute Gasteiger partial charge is 0.338 e. The third-order valence-corrected chi connectivity index (χ3v) is 4.28. The molecule has 2 aromatic carbocycles. The highest BCUT2D eigenvalue weighted by molar-refractivity contribution is 6.02. The van der Waals surface area contributed by atoms with Crippen LogP contribution >= 0.6 is 0 Å². The van der Waals surface area contributed by atoms with E-state index in [-0.39, 0.29) is 17.6 Å². The van der Waals surface area contributed by atoms with Gasteiger partial charge in [0.25, 0.3) is 5.91 Å². The van der Waals surface area contributed by atoms with Crippen LogP contribution in [0.25, 0.3) is 11.3 Å². The van der Waals surface area contributed by atoms with E-state index < -0.39 is 0 Å². The normalized spacial score (nSPS) is 10.5. The van der Waals surface area contributed by atoms with Gasteiger partial charge in [-0.15, -0.1) is 0 Å². The molecule has 0 aliphatic heterocycles. The average molecular weight is 363 g/mol. The molecule has 1 amide bonds. The minimum Gasteiger partial charge on any atom is -0.462 e. The highest BCUT2D eigenvalue weighted by atomic mass is 16.5. The lowest BCUT2D eigenvalue weighted by atomic mass is 10.1. The van der Waals surface area contributed by atoms with E-state index in [0.717, 1.165) is 11.1 Å². The Morgan fingerprint density at radius 1 is 0.963 bits per heavy atom. The Kier molecular flexibility index (Phi) is 5.41. The second-order valence-corrected chi connectivity index (χ2v) is 6.21. The first-order valence-electron chi connectivity index (χ1n) is 8.74. The lowest BCUT2D eigenvalue weighted by molar-refractivity contribution is 0.0526. The van der Waals surface area contributed by atoms with Crippen LogP contribution in [-0.2, 0) is 4.74 Å². The third-order valence-electron chi connectivity index (χ3n) is 4.28. The number of amides is 1. The molecule has 0 unspecified atom stereocenters. The van der Waals surface area contributed by atoms with E-state index in [4.69, 9.17) is 9.15 Å². The fourth-order valence-corrected chi connectivity index (χ4v) is 2.61. The van der Waals surface area contributed by atoms with Gasteiger partial charge >= 0.3 is 5.97 Å². The molecule has 0 bridgehead atoms. The van der Waals surface area contributed by atoms with E-state index in [1.165, 1.54) is 5.56 Å². The molecule has 3 aromatic rings. The Morgan fingerprint density at radius 3 is 2.37 bits per heavy atom. The molecule has 1 N–H and O–H groups in total. The standard InChI is InChI=1S/C22H21NO4/c1-4-26-22(25)16-7-9-18(10-8-16)23-21(24)20-12-11-19(27-20)17-6-5-14(2)15(3)13-17/h5-13H,4H2,1-3H3,(H,23,24). The third kappa shape index (κ3) is 4.26. The van der Waals surface area contributed by atoms with Gasteiger partial charge in [0.05, 0.1) is 12.2 Å². The monoisotopic (exact) mass is 363 g/mol. The van der Waals surface area contributed by atoms with Gasteiger partial charge in [-0.05, 0) is 74.4 Å². The number of hydrogen-bond acceptors (Lipinski definition) is 4. The number of carbonyl (C=O) groups is 2. The first kappa shape index (κ1) is 18.5. The molecule has 0 spiro atoms. The van der Waals surface area contributed by atoms with Crippen molar-refractivity contribution in [2.75, 3.05) is 11.9 Å². The lowest BCUT2D eigenvalue weighted by Gasteiger charge is -2.05. The quantitative estimate of drug-likeness (QED) is 0.648. The summed E-state index contributed by atoms with van der Waals surface area (Å²) in [6.07, 6.45) is 0. The zero-order chi connectivity index (χ0) is 19.4. The number of hydrogen-bond donors (Lipinski definition) is 1. The van der Waals surface area contributed by atoms with Crippen molar-refractivity contribution in [3.63, 3.8) is 0 Å². The zero-order valence-electron chi connectivity index (χ0n) is 15.5. The average Bonchev–Trinajstić information content (AvgIpc) is 3.15. The predicted octanol–water partition coefficient (Wildman–Crippen LogP) is 4.99. The SMILES string of the molecule is CCOC(=O)c1ccc(NC(=O)c2ccc(-c3ccc(C)c(C)c3)o2)cc1. The summed E-state index contributed by atoms with van der Waals surface area (Å²) in [7, 11) is 0. The Balaban J connectivity index is 1.71. The summed E-state index contributed by atoms with van der Waals surface area (Å²) in [5.74, 6) is 0.118. The van der Waals surface area contributed by atoms with Gasteiger partial charge < -0.3 is 14.5 Å². The molecule has 1 aromatic heterocycles. The van der Waals surface area contributed by atoms with E-state index in [2.05, 4.69) is 5.32 Å². The minimum absolute atomic E-state index is 0.220. The van der Waals surface area contributed by atoms with Gasteiger partial charge in [-0.25, -0.2) is 4.79 Å². The van der Waals surface area contributed by atoms with E-state index in [1.54, 1.807) is 43.3 Å². The molecule has 0 saturated heterocycles. The lowest BCUT2D eigenvalue weighted by Crippen LogP contribution is -2.11. The highest BCUT2D eigenvalue weighted by Crippen LogP contribution is 2.25. The molecule has 0 aliphatic rings. The summed E-state index contributed by atoms with van der Waals surface area (Å²) in [5, 5.41) is 2.76. The Hall–Kier alpha value is -3.34. The summed E-state index contributed by atoms with van der Waals surface area (Å²) in [6, 6.07) is 16.0. The van der Waals surface area contributed by atoms with Crippen LogP contribution < -0.4 is 5.32 Å². The van der Waals surface area contributed by atoms with E-state index in [0.29, 0.717) is 23.6 Å². The number of ether oxygens (including phenoxy) is 1. The van der Waals surface area contributed by atoms with Crippen molar-refractivity contribution in [2.24, 2.45) is 0 Å². The first-order valence-corrected chi connectivity index (χ1v) is 8.74. The van der Waals surface area contributed by atoms with Crippen LogP contribution in [0.3, 0.4) is 0 Å². The van der Waals surface area contributed by atoms with Crippen molar-refractivity contribution >= 4 is 17.6 Å². The van der Waals surface area contributed by atoms with Gasteiger partial charge in [0, 0.05) is 11.3 Å². The van der Waals surface area contributed by atoms with E-state index in [1.807, 2.05) is 32.0 Å². The number of carbonyl (C=O) groups excluding carboxylic acids is 2. The van der Waals surface area contributed by atoms with Crippen molar-refractivity contribution < 1.29 is 18.7 Å². The van der Waals surface area contributed by atoms with Crippen LogP contribution in [0.5, 0.6) is 0 Å². The van der Waals surface area contributed by atoms with Crippen molar-refractivity contribution in [2.45, 2.75) is 20.8 Å². The number of benzene rings is 2. The second kappa shape index (κ2) is 7.91. The zero-order valence-corrected chi connectivity index (χ0v) is 15.5. The molecule has 138 valence electrons. The number of esters is 1. The number of rotatable bonds is 5. The minimum atomic E-state index is -0.389. The second-order valence-electron chi connectivity index (χ2n) is 6.21. The van der Waals surface area contributed by atoms with Crippen molar-refractivity contribution in [1.82, 2.24) is 0 Å². The maximum atomic E-state index is 12.4. The van der Waals surface area contributed by atoms with Crippen LogP contribution in [0.2, 0.25) is 0 Å². The van der Waals surface area contributed by atoms with Crippen LogP contribution in [0.15, 0.2) is 59.0 Å². The summed E-state index contributed by atoms with van der Waals surface area (Å²) in [5.41, 5.74) is 4.30. The predicted molar refractivity (Wildman–Crippen MR) is 104 cm³/mol. The first-order chi connectivity index (χ1) is 13.0. The molecule has 0 atom stereocenters. The van der Waals surface area contributed by atoms with Crippen molar-refractivity contribution in [3.8, 4) is 11.3 Å². The Morgan fingerprint density at radius 2 is 1.70 bits per heavy atom. The maximum absolute atomic E-state index is 12.4. The van der Waals surface area contributed by atoms with Gasteiger partial charge in [-0.1, -0.05) is 12.1 Å². The summed E-state index contributed by atoms with van der Waals surface area (Å²) in [4.78, 5) is 24.1. The topological polar surface area (TPSA) is 68.5 Å². The molecule has 0 saturated carbocycles. The van der Waals surface area contributed by atoms with Gasteiger partial charge in [0.2, 0.25) is 0 Å². The molecule has 27 heavy (non-hydrogen) atoms. The molecule has 0 fully saturated rings. The fourth-order valence-electron chi connectivity index (χ4n) is 2.61. The number of anilines is 1. The molecular formula is C22H21NO4. The highest BCUT2D eigenvalue weighted by Gasteiger charge is 2.13. The summed E-state index contributed by atoms with van der Waals surface area (Å²) >= 11 is 0. The van der Waals surface area contributed by atoms with Gasteiger partial charge in [0.1, 0.15) is 5.76 Å². The van der Waals surface area contributed by atoms with Crippen LogP contribution in [0, 0.1) is 13.8 Å². The van der Waals surface area contributed by atoms with Gasteiger partial charge in [-0.2, -0.15) is 0 Å². The van der Waals surface area contributed by atoms with Crippen LogP contribution in [0.4, 0.5) is 5.69 Å². The number of aryl methyl sites for hydroxylation is 2. The Bertz CT molecular complexity index is 970. The fraction of sp³-hybridized carbons (Fsp3) is 0.182. The largest absolute Gasteiger partial charge is 0.462 e. The molecule has 1 heterocycles. The van der Waals surface area contributed by atoms with Crippen molar-refractivity contribution in [3.05, 3.63) is 77.0 Å². The molecule has 0 aliphatic carbocycles. The molecular weight excluding hydrogens is 342 g/mol. The van der Waals surface area contributed by atoms with Gasteiger partial charge in [-0.3, -0.25) is 4.79 Å². The van der Waals surface area contributed by atoms with Gasteiger partial charge in [0.15, 0.2) is 5.76 Å².